The molecule has 4 rings (SSSR count). The molecular weight excluding hydrogens is 328 g/mol. The molecule has 0 atom stereocenters. The Morgan fingerprint density at radius 3 is 2.73 bits per heavy atom. The lowest BCUT2D eigenvalue weighted by Crippen LogP contribution is -2.49. The van der Waals surface area contributed by atoms with Gasteiger partial charge in [0.05, 0.1) is 17.5 Å². The van der Waals surface area contributed by atoms with Crippen LogP contribution < -0.4 is 4.90 Å². The van der Waals surface area contributed by atoms with Crippen molar-refractivity contribution in [2.24, 2.45) is 0 Å². The van der Waals surface area contributed by atoms with Gasteiger partial charge in [-0.3, -0.25) is 4.79 Å². The van der Waals surface area contributed by atoms with Crippen molar-refractivity contribution < 1.29 is 4.79 Å². The first-order valence-electron chi connectivity index (χ1n) is 8.81. The van der Waals surface area contributed by atoms with E-state index in [0.29, 0.717) is 18.7 Å². The van der Waals surface area contributed by atoms with Crippen LogP contribution in [0.15, 0.2) is 43.0 Å². The molecule has 3 heterocycles. The molecule has 1 amide bonds. The van der Waals surface area contributed by atoms with Crippen LogP contribution in [0.5, 0.6) is 0 Å². The van der Waals surface area contributed by atoms with Gasteiger partial charge in [0.1, 0.15) is 6.33 Å². The number of carbonyl (C=O) groups is 1. The average molecular weight is 348 g/mol. The molecule has 1 fully saturated rings. The molecule has 1 aromatic carbocycles. The van der Waals surface area contributed by atoms with Crippen molar-refractivity contribution in [1.82, 2.24) is 25.1 Å². The summed E-state index contributed by atoms with van der Waals surface area (Å²) in [5, 5.41) is 10.6. The Morgan fingerprint density at radius 2 is 1.92 bits per heavy atom. The number of aryl methyl sites for hydroxylation is 1. The van der Waals surface area contributed by atoms with E-state index in [0.717, 1.165) is 41.8 Å². The minimum absolute atomic E-state index is 0.00565. The molecule has 0 saturated carbocycles. The molecule has 1 aliphatic rings. The lowest BCUT2D eigenvalue weighted by atomic mass is 10.1. The van der Waals surface area contributed by atoms with Gasteiger partial charge in [0.15, 0.2) is 5.82 Å². The number of carbonyl (C=O) groups excluding carboxylic acids is 1. The number of benzene rings is 1. The lowest BCUT2D eigenvalue weighted by molar-refractivity contribution is 0.0744. The van der Waals surface area contributed by atoms with Crippen LogP contribution in [0.4, 0.5) is 5.82 Å². The summed E-state index contributed by atoms with van der Waals surface area (Å²) < 4.78 is 0. The molecule has 0 radical (unpaired) electrons. The fourth-order valence-electron chi connectivity index (χ4n) is 3.35. The monoisotopic (exact) mass is 348 g/mol. The Kier molecular flexibility index (Phi) is 4.43. The predicted octanol–water partition coefficient (Wildman–Crippen LogP) is 1.94. The summed E-state index contributed by atoms with van der Waals surface area (Å²) in [6, 6.07) is 8.10. The van der Waals surface area contributed by atoms with Gasteiger partial charge < -0.3 is 9.80 Å². The number of aromatic nitrogens is 4. The summed E-state index contributed by atoms with van der Waals surface area (Å²) in [6.45, 7) is 4.73. The minimum Gasteiger partial charge on any atom is -0.351 e. The number of fused-ring (bicyclic) bond motifs is 1. The van der Waals surface area contributed by atoms with Gasteiger partial charge in [-0.05, 0) is 6.42 Å². The summed E-state index contributed by atoms with van der Waals surface area (Å²) >= 11 is 0. The lowest BCUT2D eigenvalue weighted by Gasteiger charge is -2.35. The first kappa shape index (κ1) is 16.4. The van der Waals surface area contributed by atoms with Gasteiger partial charge >= 0.3 is 0 Å². The van der Waals surface area contributed by atoms with Gasteiger partial charge in [0, 0.05) is 43.1 Å². The number of rotatable bonds is 3. The van der Waals surface area contributed by atoms with Crippen LogP contribution >= 0.6 is 0 Å². The van der Waals surface area contributed by atoms with E-state index in [1.165, 1.54) is 6.33 Å². The Balaban J connectivity index is 1.51. The second kappa shape index (κ2) is 7.03. The SMILES string of the molecule is CCc1ncncc1C(=O)N1CCN(c2nncc3ccccc23)CC1. The molecule has 0 bridgehead atoms. The molecule has 1 saturated heterocycles. The molecule has 0 aliphatic carbocycles. The van der Waals surface area contributed by atoms with Gasteiger partial charge in [-0.25, -0.2) is 9.97 Å². The zero-order chi connectivity index (χ0) is 17.9. The van der Waals surface area contributed by atoms with Crippen LogP contribution in [0.2, 0.25) is 0 Å². The Labute approximate surface area is 151 Å². The third-order valence-corrected chi connectivity index (χ3v) is 4.78. The van der Waals surface area contributed by atoms with Crippen molar-refractivity contribution in [3.63, 3.8) is 0 Å². The summed E-state index contributed by atoms with van der Waals surface area (Å²) in [6.07, 6.45) is 5.61. The van der Waals surface area contributed by atoms with Crippen LogP contribution in [-0.4, -0.2) is 57.2 Å². The molecule has 1 aliphatic heterocycles. The molecule has 0 spiro atoms. The maximum Gasteiger partial charge on any atom is 0.257 e. The van der Waals surface area contributed by atoms with E-state index in [4.69, 9.17) is 0 Å². The second-order valence-electron chi connectivity index (χ2n) is 6.27. The van der Waals surface area contributed by atoms with E-state index in [9.17, 15) is 4.79 Å². The van der Waals surface area contributed by atoms with E-state index in [2.05, 4.69) is 31.1 Å². The fraction of sp³-hybridized carbons (Fsp3) is 0.316. The number of anilines is 1. The quantitative estimate of drug-likeness (QED) is 0.720. The normalized spacial score (nSPS) is 14.7. The molecule has 26 heavy (non-hydrogen) atoms. The summed E-state index contributed by atoms with van der Waals surface area (Å²) in [7, 11) is 0. The molecule has 7 heteroatoms. The highest BCUT2D eigenvalue weighted by atomic mass is 16.2. The van der Waals surface area contributed by atoms with Crippen molar-refractivity contribution >= 4 is 22.5 Å². The highest BCUT2D eigenvalue weighted by Crippen LogP contribution is 2.24. The highest BCUT2D eigenvalue weighted by molar-refractivity contribution is 5.95. The number of nitrogens with zero attached hydrogens (tertiary/aromatic N) is 6. The maximum atomic E-state index is 12.8. The van der Waals surface area contributed by atoms with Gasteiger partial charge in [-0.2, -0.15) is 5.10 Å². The van der Waals surface area contributed by atoms with Gasteiger partial charge in [0.2, 0.25) is 0 Å². The Morgan fingerprint density at radius 1 is 1.12 bits per heavy atom. The number of hydrogen-bond acceptors (Lipinski definition) is 6. The fourth-order valence-corrected chi connectivity index (χ4v) is 3.35. The van der Waals surface area contributed by atoms with E-state index < -0.39 is 0 Å². The third-order valence-electron chi connectivity index (χ3n) is 4.78. The topological polar surface area (TPSA) is 75.1 Å². The number of amides is 1. The van der Waals surface area contributed by atoms with Crippen LogP contribution in [-0.2, 0) is 6.42 Å². The Hall–Kier alpha value is -3.09. The smallest absolute Gasteiger partial charge is 0.257 e. The first-order valence-corrected chi connectivity index (χ1v) is 8.81. The summed E-state index contributed by atoms with van der Waals surface area (Å²) in [4.78, 5) is 25.1. The van der Waals surface area contributed by atoms with E-state index >= 15 is 0 Å². The van der Waals surface area contributed by atoms with Gasteiger partial charge in [0.25, 0.3) is 5.91 Å². The zero-order valence-corrected chi connectivity index (χ0v) is 14.7. The third kappa shape index (κ3) is 2.96. The Bertz CT molecular complexity index is 931. The zero-order valence-electron chi connectivity index (χ0n) is 14.7. The maximum absolute atomic E-state index is 12.8. The van der Waals surface area contributed by atoms with Crippen molar-refractivity contribution in [3.8, 4) is 0 Å². The van der Waals surface area contributed by atoms with E-state index in [1.54, 1.807) is 12.4 Å². The van der Waals surface area contributed by atoms with E-state index in [-0.39, 0.29) is 5.91 Å². The molecule has 3 aromatic rings. The average Bonchev–Trinajstić information content (AvgIpc) is 2.73. The van der Waals surface area contributed by atoms with Crippen molar-refractivity contribution in [2.45, 2.75) is 13.3 Å². The van der Waals surface area contributed by atoms with E-state index in [1.807, 2.05) is 30.0 Å². The van der Waals surface area contributed by atoms with Crippen molar-refractivity contribution in [1.29, 1.82) is 0 Å². The molecule has 0 N–H and O–H groups in total. The van der Waals surface area contributed by atoms with Crippen LogP contribution in [0.3, 0.4) is 0 Å². The molecule has 132 valence electrons. The highest BCUT2D eigenvalue weighted by Gasteiger charge is 2.25. The molecular formula is C19H20N6O. The molecule has 7 nitrogen and oxygen atoms in total. The standard InChI is InChI=1S/C19H20N6O/c1-2-17-16(12-20-13-21-17)19(26)25-9-7-24(8-10-25)18-15-6-4-3-5-14(15)11-22-23-18/h3-6,11-13H,2,7-10H2,1H3. The van der Waals surface area contributed by atoms with Gasteiger partial charge in [-0.15, -0.1) is 5.10 Å². The molecule has 2 aromatic heterocycles. The molecule has 0 unspecified atom stereocenters. The second-order valence-corrected chi connectivity index (χ2v) is 6.27. The predicted molar refractivity (Wildman–Crippen MR) is 99.1 cm³/mol. The first-order chi connectivity index (χ1) is 12.8. The van der Waals surface area contributed by atoms with Crippen LogP contribution in [0, 0.1) is 0 Å². The van der Waals surface area contributed by atoms with Gasteiger partial charge in [-0.1, -0.05) is 31.2 Å². The number of piperazine rings is 1. The largest absolute Gasteiger partial charge is 0.351 e. The summed E-state index contributed by atoms with van der Waals surface area (Å²) in [5.41, 5.74) is 1.40. The van der Waals surface area contributed by atoms with Crippen LogP contribution in [0.25, 0.3) is 10.8 Å². The van der Waals surface area contributed by atoms with Crippen LogP contribution in [0.1, 0.15) is 23.0 Å². The van der Waals surface area contributed by atoms with Crippen molar-refractivity contribution in [3.05, 3.63) is 54.2 Å². The van der Waals surface area contributed by atoms with Crippen molar-refractivity contribution in [2.75, 3.05) is 31.1 Å². The number of hydrogen-bond donors (Lipinski definition) is 0. The summed E-state index contributed by atoms with van der Waals surface area (Å²) in [5.74, 6) is 0.888. The minimum atomic E-state index is 0.00565.